The number of halogens is 2. The Morgan fingerprint density at radius 1 is 1.14 bits per heavy atom. The van der Waals surface area contributed by atoms with E-state index in [0.717, 1.165) is 0 Å². The molecule has 1 aliphatic heterocycles. The number of carbonyl (C=O) groups is 2. The number of esters is 2. The van der Waals surface area contributed by atoms with Gasteiger partial charge >= 0.3 is 19.5 Å². The molecule has 4 aliphatic rings. The molecule has 4 atom stereocenters. The standard InChI is InChI=1S/C30H37ClFN4O12PS/c1-29(4-5-29)27(39)44-13-46-49(41,47-14-45-28(40)30(2)6-7-30)15-50(42,43)12-20-22(37)23(38)26(48-20)36-8-3-18-21(34-17-9-16(32)10-17)19(11-33)24(31)35-25(18)36/h3,8,16-17,20,22-23,26,37-38H,4-7,9-10,12-15H2,1-2H3,(H,34,35)/t16?,17?,20-,22-,23-,26-/m1/s1. The lowest BCUT2D eigenvalue weighted by molar-refractivity contribution is -0.158. The van der Waals surface area contributed by atoms with E-state index in [0.29, 0.717) is 36.8 Å². The van der Waals surface area contributed by atoms with Gasteiger partial charge in [0.1, 0.15) is 41.8 Å². The zero-order valence-corrected chi connectivity index (χ0v) is 29.6. The number of hydrogen-bond acceptors (Lipinski definition) is 15. The normalized spacial score (nSPS) is 28.0. The maximum atomic E-state index is 13.6. The number of ether oxygens (including phenoxy) is 3. The van der Waals surface area contributed by atoms with Gasteiger partial charge in [0.05, 0.1) is 22.3 Å². The molecule has 1 saturated heterocycles. The van der Waals surface area contributed by atoms with E-state index in [-0.39, 0.29) is 35.2 Å². The van der Waals surface area contributed by atoms with Crippen LogP contribution in [0.15, 0.2) is 12.3 Å². The molecule has 3 saturated carbocycles. The largest absolute Gasteiger partial charge is 0.438 e. The Hall–Kier alpha value is -2.88. The predicted octanol–water partition coefficient (Wildman–Crippen LogP) is 3.29. The molecule has 16 nitrogen and oxygen atoms in total. The van der Waals surface area contributed by atoms with Gasteiger partial charge in [-0.15, -0.1) is 0 Å². The molecule has 3 heterocycles. The number of anilines is 1. The van der Waals surface area contributed by atoms with E-state index in [1.54, 1.807) is 19.9 Å². The lowest BCUT2D eigenvalue weighted by Gasteiger charge is -2.31. The molecule has 0 amide bonds. The molecule has 3 aliphatic carbocycles. The van der Waals surface area contributed by atoms with Gasteiger partial charge < -0.3 is 34.3 Å². The number of sulfone groups is 1. The Morgan fingerprint density at radius 3 is 2.24 bits per heavy atom. The number of rotatable bonds is 15. The molecule has 2 aromatic rings. The van der Waals surface area contributed by atoms with Crippen molar-refractivity contribution in [1.82, 2.24) is 9.55 Å². The minimum Gasteiger partial charge on any atom is -0.438 e. The average molecular weight is 763 g/mol. The molecule has 3 N–H and O–H groups in total. The summed E-state index contributed by atoms with van der Waals surface area (Å²) >= 11 is 6.32. The molecule has 20 heteroatoms. The molecule has 6 rings (SSSR count). The lowest BCUT2D eigenvalue weighted by Crippen LogP contribution is -2.36. The van der Waals surface area contributed by atoms with E-state index >= 15 is 0 Å². The monoisotopic (exact) mass is 762 g/mol. The van der Waals surface area contributed by atoms with Gasteiger partial charge in [-0.05, 0) is 58.4 Å². The van der Waals surface area contributed by atoms with E-state index in [1.807, 2.05) is 6.07 Å². The van der Waals surface area contributed by atoms with Gasteiger partial charge in [-0.1, -0.05) is 11.6 Å². The number of alkyl halides is 1. The van der Waals surface area contributed by atoms with Crippen molar-refractivity contribution in [1.29, 1.82) is 5.26 Å². The molecule has 50 heavy (non-hydrogen) atoms. The van der Waals surface area contributed by atoms with Crippen LogP contribution in [0.5, 0.6) is 0 Å². The number of hydrogen-bond donors (Lipinski definition) is 3. The molecule has 0 unspecified atom stereocenters. The number of pyridine rings is 1. The van der Waals surface area contributed by atoms with Crippen LogP contribution in [0.4, 0.5) is 10.1 Å². The van der Waals surface area contributed by atoms with E-state index < -0.39 is 95.7 Å². The molecule has 4 fully saturated rings. The zero-order valence-electron chi connectivity index (χ0n) is 27.1. The molecular formula is C30H37ClFN4O12PS. The highest BCUT2D eigenvalue weighted by molar-refractivity contribution is 7.97. The van der Waals surface area contributed by atoms with Crippen LogP contribution in [0, 0.1) is 22.2 Å². The van der Waals surface area contributed by atoms with Crippen molar-refractivity contribution < 1.29 is 60.4 Å². The van der Waals surface area contributed by atoms with E-state index in [9.17, 15) is 42.4 Å². The van der Waals surface area contributed by atoms with Crippen molar-refractivity contribution in [2.45, 2.75) is 89.1 Å². The van der Waals surface area contributed by atoms with Crippen molar-refractivity contribution in [2.75, 3.05) is 30.1 Å². The van der Waals surface area contributed by atoms with Crippen LogP contribution in [-0.2, 0) is 47.2 Å². The van der Waals surface area contributed by atoms with Crippen LogP contribution < -0.4 is 5.32 Å². The van der Waals surface area contributed by atoms with Crippen molar-refractivity contribution in [3.05, 3.63) is 23.0 Å². The molecule has 0 aromatic carbocycles. The lowest BCUT2D eigenvalue weighted by atomic mass is 9.90. The van der Waals surface area contributed by atoms with Gasteiger partial charge in [0.25, 0.3) is 0 Å². The van der Waals surface area contributed by atoms with Crippen LogP contribution in [0.3, 0.4) is 0 Å². The number of fused-ring (bicyclic) bond motifs is 1. The highest BCUT2D eigenvalue weighted by Crippen LogP contribution is 2.52. The summed E-state index contributed by atoms with van der Waals surface area (Å²) in [5.74, 6) is -2.21. The number of nitrogens with zero attached hydrogens (tertiary/aromatic N) is 3. The number of nitriles is 1. The SMILES string of the molecule is CC1(C(=O)OCOP(=O)(CS(=O)(=O)C[C@H]2O[C@@H](n3ccc4c(NC5CC(F)C5)c(C#N)c(Cl)nc43)[C@H](O)[C@@H]2O)OCOC(=O)C2(C)CC2)CC1. The molecule has 0 radical (unpaired) electrons. The van der Waals surface area contributed by atoms with E-state index in [4.69, 9.17) is 34.9 Å². The predicted molar refractivity (Wildman–Crippen MR) is 172 cm³/mol. The second-order valence-corrected chi connectivity index (χ2v) is 18.8. The van der Waals surface area contributed by atoms with Crippen molar-refractivity contribution in [2.24, 2.45) is 10.8 Å². The van der Waals surface area contributed by atoms with Crippen molar-refractivity contribution in [3.63, 3.8) is 0 Å². The fourth-order valence-electron chi connectivity index (χ4n) is 5.67. The smallest absolute Gasteiger partial charge is 0.351 e. The van der Waals surface area contributed by atoms with Crippen LogP contribution in [0.1, 0.15) is 64.2 Å². The summed E-state index contributed by atoms with van der Waals surface area (Å²) in [4.78, 5) is 28.7. The van der Waals surface area contributed by atoms with Gasteiger partial charge in [-0.2, -0.15) is 5.26 Å². The quantitative estimate of drug-likeness (QED) is 0.102. The van der Waals surface area contributed by atoms with Gasteiger partial charge in [-0.25, -0.2) is 17.8 Å². The summed E-state index contributed by atoms with van der Waals surface area (Å²) in [5, 5.41) is 34.9. The topological polar surface area (TPSA) is 226 Å². The number of aliphatic hydroxyl groups excluding tert-OH is 2. The first kappa shape index (κ1) is 36.9. The van der Waals surface area contributed by atoms with Crippen LogP contribution in [0.25, 0.3) is 11.0 Å². The van der Waals surface area contributed by atoms with Crippen LogP contribution in [0.2, 0.25) is 5.15 Å². The number of carbonyl (C=O) groups excluding carboxylic acids is 2. The Kier molecular flexibility index (Phi) is 10.0. The van der Waals surface area contributed by atoms with E-state index in [1.165, 1.54) is 10.8 Å². The first-order valence-electron chi connectivity index (χ1n) is 15.9. The fourth-order valence-corrected chi connectivity index (χ4v) is 10.1. The summed E-state index contributed by atoms with van der Waals surface area (Å²) in [6, 6.07) is 3.28. The molecule has 0 bridgehead atoms. The van der Waals surface area contributed by atoms with Crippen LogP contribution >= 0.6 is 19.2 Å². The highest BCUT2D eigenvalue weighted by atomic mass is 35.5. The summed E-state index contributed by atoms with van der Waals surface area (Å²) in [7, 11) is -9.16. The molecule has 0 spiro atoms. The third-order valence-corrected chi connectivity index (χ3v) is 14.6. The highest BCUT2D eigenvalue weighted by Gasteiger charge is 2.49. The number of nitrogens with one attached hydrogen (secondary N) is 1. The summed E-state index contributed by atoms with van der Waals surface area (Å²) in [5.41, 5.74) is -2.23. The van der Waals surface area contributed by atoms with Gasteiger partial charge in [0, 0.05) is 17.6 Å². The minimum absolute atomic E-state index is 0.0259. The number of aromatic nitrogens is 2. The Bertz CT molecular complexity index is 1830. The third kappa shape index (κ3) is 7.65. The Labute approximate surface area is 291 Å². The van der Waals surface area contributed by atoms with Gasteiger partial charge in [0.2, 0.25) is 13.6 Å². The fraction of sp³-hybridized carbons (Fsp3) is 0.667. The average Bonchev–Trinajstić information content (AvgIpc) is 3.91. The first-order valence-corrected chi connectivity index (χ1v) is 19.8. The van der Waals surface area contributed by atoms with Crippen molar-refractivity contribution in [3.8, 4) is 6.07 Å². The summed E-state index contributed by atoms with van der Waals surface area (Å²) in [6.07, 6.45) is -3.07. The van der Waals surface area contributed by atoms with Gasteiger partial charge in [0.15, 0.2) is 26.7 Å². The first-order chi connectivity index (χ1) is 23.5. The van der Waals surface area contributed by atoms with Crippen LogP contribution in [-0.4, -0.2) is 95.5 Å². The minimum atomic E-state index is -4.67. The van der Waals surface area contributed by atoms with Crippen molar-refractivity contribution >= 4 is 57.7 Å². The third-order valence-electron chi connectivity index (χ3n) is 9.61. The maximum absolute atomic E-state index is 13.6. The number of aliphatic hydroxyl groups is 2. The zero-order chi connectivity index (χ0) is 36.2. The summed E-state index contributed by atoms with van der Waals surface area (Å²) < 4.78 is 81.4. The maximum Gasteiger partial charge on any atom is 0.351 e. The van der Waals surface area contributed by atoms with E-state index in [2.05, 4.69) is 10.3 Å². The second kappa shape index (κ2) is 13.6. The Balaban J connectivity index is 1.16. The molecule has 2 aromatic heterocycles. The summed E-state index contributed by atoms with van der Waals surface area (Å²) in [6.45, 7) is 1.54. The van der Waals surface area contributed by atoms with Gasteiger partial charge in [-0.3, -0.25) is 23.2 Å². The molecule has 274 valence electrons. The molecular weight excluding hydrogens is 726 g/mol. The second-order valence-electron chi connectivity index (χ2n) is 13.8. The Morgan fingerprint density at radius 2 is 1.72 bits per heavy atom.